The Morgan fingerprint density at radius 2 is 1.81 bits per heavy atom. The van der Waals surface area contributed by atoms with Gasteiger partial charge in [-0.05, 0) is 25.1 Å². The van der Waals surface area contributed by atoms with Crippen LogP contribution >= 0.6 is 11.6 Å². The second-order valence-corrected chi connectivity index (χ2v) is 6.62. The molecule has 21 heavy (non-hydrogen) atoms. The highest BCUT2D eigenvalue weighted by Gasteiger charge is 2.18. The second-order valence-electron chi connectivity index (χ2n) is 4.67. The molecule has 4 nitrogen and oxygen atoms in total. The van der Waals surface area contributed by atoms with Crippen LogP contribution in [-0.2, 0) is 10.1 Å². The van der Waals surface area contributed by atoms with E-state index in [1.165, 1.54) is 12.1 Å². The molecule has 3 aromatic rings. The number of hydrogen-bond donors (Lipinski definition) is 1. The Labute approximate surface area is 127 Å². The van der Waals surface area contributed by atoms with Crippen molar-refractivity contribution < 1.29 is 12.6 Å². The molecule has 0 spiro atoms. The monoisotopic (exact) mass is 321 g/mol. The van der Waals surface area contributed by atoms with Crippen molar-refractivity contribution >= 4 is 32.6 Å². The topological polar surface area (TPSA) is 59.2 Å². The first kappa shape index (κ1) is 14.0. The van der Waals surface area contributed by atoms with Crippen LogP contribution in [0.5, 0.6) is 5.75 Å². The molecule has 2 aromatic carbocycles. The third kappa shape index (κ3) is 2.62. The van der Waals surface area contributed by atoms with E-state index in [0.717, 1.165) is 5.56 Å². The van der Waals surface area contributed by atoms with Gasteiger partial charge in [-0.1, -0.05) is 41.4 Å². The minimum atomic E-state index is -3.88. The van der Waals surface area contributed by atoms with Crippen molar-refractivity contribution in [3.63, 3.8) is 0 Å². The fourth-order valence-corrected chi connectivity index (χ4v) is 3.19. The number of para-hydroxylation sites is 1. The van der Waals surface area contributed by atoms with E-state index in [9.17, 15) is 8.42 Å². The standard InChI is InChI=1S/C15H12ClNO3S/c1-10-5-7-11(8-6-10)21(18,19)20-14-4-2-3-12-13(16)9-17-15(12)14/h2-9,17H,1H3. The number of halogens is 1. The fraction of sp³-hybridized carbons (Fsp3) is 0.0667. The van der Waals surface area contributed by atoms with Crippen molar-refractivity contribution in [1.82, 2.24) is 4.98 Å². The van der Waals surface area contributed by atoms with E-state index in [2.05, 4.69) is 4.98 Å². The maximum atomic E-state index is 12.3. The highest BCUT2D eigenvalue weighted by molar-refractivity contribution is 7.87. The SMILES string of the molecule is Cc1ccc(S(=O)(=O)Oc2cccc3c(Cl)c[nH]c23)cc1. The number of rotatable bonds is 3. The summed E-state index contributed by atoms with van der Waals surface area (Å²) in [6.07, 6.45) is 1.59. The summed E-state index contributed by atoms with van der Waals surface area (Å²) in [5, 5.41) is 1.23. The molecule has 108 valence electrons. The highest BCUT2D eigenvalue weighted by atomic mass is 35.5. The largest absolute Gasteiger partial charge is 0.377 e. The Balaban J connectivity index is 2.03. The van der Waals surface area contributed by atoms with Crippen molar-refractivity contribution in [2.45, 2.75) is 11.8 Å². The van der Waals surface area contributed by atoms with Crippen LogP contribution in [0, 0.1) is 6.92 Å². The van der Waals surface area contributed by atoms with Gasteiger partial charge in [0.15, 0.2) is 5.75 Å². The number of fused-ring (bicyclic) bond motifs is 1. The van der Waals surface area contributed by atoms with Crippen molar-refractivity contribution in [3.05, 3.63) is 59.2 Å². The zero-order valence-corrected chi connectivity index (χ0v) is 12.7. The number of aromatic amines is 1. The molecule has 3 rings (SSSR count). The van der Waals surface area contributed by atoms with Gasteiger partial charge in [0.1, 0.15) is 4.90 Å². The van der Waals surface area contributed by atoms with E-state index in [-0.39, 0.29) is 10.6 Å². The Morgan fingerprint density at radius 1 is 1.10 bits per heavy atom. The van der Waals surface area contributed by atoms with Crippen LogP contribution in [0.25, 0.3) is 10.9 Å². The first-order chi connectivity index (χ1) is 9.97. The van der Waals surface area contributed by atoms with Gasteiger partial charge in [-0.2, -0.15) is 8.42 Å². The van der Waals surface area contributed by atoms with Gasteiger partial charge >= 0.3 is 10.1 Å². The zero-order valence-electron chi connectivity index (χ0n) is 11.1. The molecule has 1 heterocycles. The van der Waals surface area contributed by atoms with E-state index >= 15 is 0 Å². The summed E-state index contributed by atoms with van der Waals surface area (Å²) >= 11 is 6.01. The lowest BCUT2D eigenvalue weighted by molar-refractivity contribution is 0.488. The molecule has 1 aromatic heterocycles. The van der Waals surface area contributed by atoms with Crippen LogP contribution in [0.3, 0.4) is 0 Å². The molecule has 0 bridgehead atoms. The van der Waals surface area contributed by atoms with Gasteiger partial charge in [0.25, 0.3) is 0 Å². The van der Waals surface area contributed by atoms with E-state index in [1.807, 2.05) is 6.92 Å². The highest BCUT2D eigenvalue weighted by Crippen LogP contribution is 2.31. The number of aromatic nitrogens is 1. The summed E-state index contributed by atoms with van der Waals surface area (Å²) in [5.41, 5.74) is 1.53. The van der Waals surface area contributed by atoms with E-state index in [4.69, 9.17) is 15.8 Å². The van der Waals surface area contributed by atoms with Gasteiger partial charge in [-0.3, -0.25) is 0 Å². The minimum absolute atomic E-state index is 0.114. The molecular formula is C15H12ClNO3S. The van der Waals surface area contributed by atoms with Crippen molar-refractivity contribution in [3.8, 4) is 5.75 Å². The molecule has 0 unspecified atom stereocenters. The van der Waals surface area contributed by atoms with Crippen molar-refractivity contribution in [2.75, 3.05) is 0 Å². The molecule has 1 N–H and O–H groups in total. The Hall–Kier alpha value is -1.98. The van der Waals surface area contributed by atoms with E-state index in [0.29, 0.717) is 15.9 Å². The number of hydrogen-bond acceptors (Lipinski definition) is 3. The summed E-state index contributed by atoms with van der Waals surface area (Å²) in [6, 6.07) is 11.6. The first-order valence-electron chi connectivity index (χ1n) is 6.24. The molecular weight excluding hydrogens is 310 g/mol. The summed E-state index contributed by atoms with van der Waals surface area (Å²) in [6.45, 7) is 1.89. The molecule has 0 fully saturated rings. The maximum absolute atomic E-state index is 12.3. The van der Waals surface area contributed by atoms with Gasteiger partial charge in [-0.25, -0.2) is 0 Å². The number of H-pyrrole nitrogens is 1. The third-order valence-corrected chi connectivity index (χ3v) is 4.70. The summed E-state index contributed by atoms with van der Waals surface area (Å²) in [4.78, 5) is 3.03. The van der Waals surface area contributed by atoms with Crippen LogP contribution in [0.4, 0.5) is 0 Å². The molecule has 0 radical (unpaired) electrons. The second kappa shape index (κ2) is 5.09. The van der Waals surface area contributed by atoms with Gasteiger partial charge in [0.2, 0.25) is 0 Å². The lowest BCUT2D eigenvalue weighted by Crippen LogP contribution is -2.09. The Kier molecular flexibility index (Phi) is 3.39. The van der Waals surface area contributed by atoms with Crippen LogP contribution in [0.1, 0.15) is 5.56 Å². The lowest BCUT2D eigenvalue weighted by atomic mass is 10.2. The number of benzene rings is 2. The van der Waals surface area contributed by atoms with Crippen LogP contribution in [-0.4, -0.2) is 13.4 Å². The molecule has 0 atom stereocenters. The van der Waals surface area contributed by atoms with Gasteiger partial charge < -0.3 is 9.17 Å². The molecule has 6 heteroatoms. The fourth-order valence-electron chi connectivity index (χ4n) is 2.03. The third-order valence-electron chi connectivity index (χ3n) is 3.14. The molecule has 0 aliphatic rings. The van der Waals surface area contributed by atoms with Gasteiger partial charge in [0.05, 0.1) is 10.5 Å². The normalized spacial score (nSPS) is 11.7. The van der Waals surface area contributed by atoms with Crippen LogP contribution < -0.4 is 4.18 Å². The van der Waals surface area contributed by atoms with E-state index < -0.39 is 10.1 Å². The smallest absolute Gasteiger partial charge is 0.339 e. The predicted octanol–water partition coefficient (Wildman–Crippen LogP) is 3.90. The molecule has 0 aliphatic heterocycles. The van der Waals surface area contributed by atoms with Crippen LogP contribution in [0.2, 0.25) is 5.02 Å². The summed E-state index contributed by atoms with van der Waals surface area (Å²) in [7, 11) is -3.88. The average Bonchev–Trinajstić information content (AvgIpc) is 2.82. The Morgan fingerprint density at radius 3 is 2.52 bits per heavy atom. The number of aryl methyl sites for hydroxylation is 1. The average molecular weight is 322 g/mol. The lowest BCUT2D eigenvalue weighted by Gasteiger charge is -2.08. The van der Waals surface area contributed by atoms with Gasteiger partial charge in [0, 0.05) is 11.6 Å². The summed E-state index contributed by atoms with van der Waals surface area (Å²) < 4.78 is 29.8. The van der Waals surface area contributed by atoms with Crippen LogP contribution in [0.15, 0.2) is 53.6 Å². The summed E-state index contributed by atoms with van der Waals surface area (Å²) in [5.74, 6) is 0.222. The zero-order chi connectivity index (χ0) is 15.0. The number of nitrogens with one attached hydrogen (secondary N) is 1. The minimum Gasteiger partial charge on any atom is -0.377 e. The Bertz CT molecular complexity index is 898. The quantitative estimate of drug-likeness (QED) is 0.744. The van der Waals surface area contributed by atoms with Crippen molar-refractivity contribution in [2.24, 2.45) is 0 Å². The first-order valence-corrected chi connectivity index (χ1v) is 8.03. The predicted molar refractivity (Wildman–Crippen MR) is 82.3 cm³/mol. The molecule has 0 saturated carbocycles. The molecule has 0 amide bonds. The maximum Gasteiger partial charge on any atom is 0.339 e. The van der Waals surface area contributed by atoms with Crippen molar-refractivity contribution in [1.29, 1.82) is 0 Å². The van der Waals surface area contributed by atoms with Gasteiger partial charge in [-0.15, -0.1) is 0 Å². The van der Waals surface area contributed by atoms with E-state index in [1.54, 1.807) is 36.5 Å². The molecule has 0 aliphatic carbocycles. The molecule has 0 saturated heterocycles.